The molecule has 0 saturated carbocycles. The van der Waals surface area contributed by atoms with Gasteiger partial charge in [0.1, 0.15) is 0 Å². The molecule has 0 bridgehead atoms. The molecular formula is C11H16N2O3. The zero-order chi connectivity index (χ0) is 12.1. The molecule has 0 spiro atoms. The van der Waals surface area contributed by atoms with Crippen molar-refractivity contribution < 1.29 is 10.0 Å². The number of aliphatic hydroxyl groups is 1. The molecule has 0 heterocycles. The van der Waals surface area contributed by atoms with Gasteiger partial charge in [-0.15, -0.1) is 0 Å². The monoisotopic (exact) mass is 224 g/mol. The van der Waals surface area contributed by atoms with Gasteiger partial charge in [0.05, 0.1) is 11.0 Å². The van der Waals surface area contributed by atoms with Crippen LogP contribution < -0.4 is 0 Å². The number of benzene rings is 1. The smallest absolute Gasteiger partial charge is 0.269 e. The second-order valence-corrected chi connectivity index (χ2v) is 3.97. The average Bonchev–Trinajstić information content (AvgIpc) is 2.16. The van der Waals surface area contributed by atoms with Gasteiger partial charge < -0.3 is 5.11 Å². The summed E-state index contributed by atoms with van der Waals surface area (Å²) in [5, 5.41) is 19.8. The topological polar surface area (TPSA) is 66.6 Å². The van der Waals surface area contributed by atoms with Crippen LogP contribution in [0, 0.1) is 10.1 Å². The van der Waals surface area contributed by atoms with Crippen LogP contribution in [-0.2, 0) is 6.54 Å². The van der Waals surface area contributed by atoms with Crippen LogP contribution >= 0.6 is 0 Å². The largest absolute Gasteiger partial charge is 0.392 e. The third kappa shape index (κ3) is 3.96. The van der Waals surface area contributed by atoms with E-state index in [0.29, 0.717) is 13.1 Å². The van der Waals surface area contributed by atoms with Crippen LogP contribution in [0.25, 0.3) is 0 Å². The number of nitro groups is 1. The van der Waals surface area contributed by atoms with E-state index < -0.39 is 11.0 Å². The van der Waals surface area contributed by atoms with E-state index in [4.69, 9.17) is 0 Å². The van der Waals surface area contributed by atoms with Gasteiger partial charge in [-0.2, -0.15) is 0 Å². The normalized spacial score (nSPS) is 12.8. The van der Waals surface area contributed by atoms with E-state index in [1.165, 1.54) is 6.07 Å². The molecule has 1 aromatic rings. The van der Waals surface area contributed by atoms with E-state index in [9.17, 15) is 15.2 Å². The first-order valence-electron chi connectivity index (χ1n) is 5.09. The first kappa shape index (κ1) is 12.6. The SMILES string of the molecule is CC(O)CN(C)Cc1cccc([N+](=O)[O-])c1. The number of nitro benzene ring substituents is 1. The molecule has 0 aliphatic rings. The van der Waals surface area contributed by atoms with Crippen LogP contribution in [0.3, 0.4) is 0 Å². The molecule has 16 heavy (non-hydrogen) atoms. The molecule has 0 fully saturated rings. The van der Waals surface area contributed by atoms with Gasteiger partial charge >= 0.3 is 0 Å². The van der Waals surface area contributed by atoms with Gasteiger partial charge in [-0.3, -0.25) is 15.0 Å². The Bertz CT molecular complexity index is 366. The molecule has 0 aromatic heterocycles. The van der Waals surface area contributed by atoms with Crippen molar-refractivity contribution in [2.45, 2.75) is 19.6 Å². The first-order valence-corrected chi connectivity index (χ1v) is 5.09. The molecule has 1 unspecified atom stereocenters. The quantitative estimate of drug-likeness (QED) is 0.606. The Balaban J connectivity index is 2.66. The Morgan fingerprint density at radius 3 is 2.81 bits per heavy atom. The number of rotatable bonds is 5. The summed E-state index contributed by atoms with van der Waals surface area (Å²) in [6, 6.07) is 6.53. The minimum absolute atomic E-state index is 0.1000. The van der Waals surface area contributed by atoms with Crippen LogP contribution in [0.4, 0.5) is 5.69 Å². The molecule has 0 amide bonds. The highest BCUT2D eigenvalue weighted by atomic mass is 16.6. The van der Waals surface area contributed by atoms with E-state index in [1.807, 2.05) is 18.0 Å². The highest BCUT2D eigenvalue weighted by Crippen LogP contribution is 2.14. The van der Waals surface area contributed by atoms with Crippen molar-refractivity contribution in [2.75, 3.05) is 13.6 Å². The van der Waals surface area contributed by atoms with Gasteiger partial charge in [0.25, 0.3) is 5.69 Å². The van der Waals surface area contributed by atoms with Gasteiger partial charge in [0, 0.05) is 25.2 Å². The number of hydrogen-bond acceptors (Lipinski definition) is 4. The zero-order valence-corrected chi connectivity index (χ0v) is 9.46. The maximum Gasteiger partial charge on any atom is 0.269 e. The summed E-state index contributed by atoms with van der Waals surface area (Å²) in [6.07, 6.45) is -0.399. The van der Waals surface area contributed by atoms with Gasteiger partial charge in [-0.25, -0.2) is 0 Å². The van der Waals surface area contributed by atoms with Crippen molar-refractivity contribution in [3.63, 3.8) is 0 Å². The standard InChI is InChI=1S/C11H16N2O3/c1-9(14)7-12(2)8-10-4-3-5-11(6-10)13(15)16/h3-6,9,14H,7-8H2,1-2H3. The summed E-state index contributed by atoms with van der Waals surface area (Å²) in [5.74, 6) is 0. The fraction of sp³-hybridized carbons (Fsp3) is 0.455. The van der Waals surface area contributed by atoms with E-state index in [-0.39, 0.29) is 5.69 Å². The Kier molecular flexibility index (Phi) is 4.39. The average molecular weight is 224 g/mol. The van der Waals surface area contributed by atoms with E-state index in [2.05, 4.69) is 0 Å². The Labute approximate surface area is 94.5 Å². The molecule has 1 atom stereocenters. The second kappa shape index (κ2) is 5.58. The molecule has 1 N–H and O–H groups in total. The van der Waals surface area contributed by atoms with Gasteiger partial charge in [0.2, 0.25) is 0 Å². The molecule has 5 heteroatoms. The van der Waals surface area contributed by atoms with Crippen molar-refractivity contribution in [1.29, 1.82) is 0 Å². The number of aliphatic hydroxyl groups excluding tert-OH is 1. The second-order valence-electron chi connectivity index (χ2n) is 3.97. The number of non-ortho nitro benzene ring substituents is 1. The minimum Gasteiger partial charge on any atom is -0.392 e. The summed E-state index contributed by atoms with van der Waals surface area (Å²) >= 11 is 0. The van der Waals surface area contributed by atoms with E-state index >= 15 is 0 Å². The molecular weight excluding hydrogens is 208 g/mol. The molecule has 0 aliphatic heterocycles. The van der Waals surface area contributed by atoms with Crippen molar-refractivity contribution in [2.24, 2.45) is 0 Å². The first-order chi connectivity index (χ1) is 7.49. The predicted octanol–water partition coefficient (Wildman–Crippen LogP) is 1.41. The summed E-state index contributed by atoms with van der Waals surface area (Å²) in [5.41, 5.74) is 0.972. The minimum atomic E-state index is -0.405. The van der Waals surface area contributed by atoms with Gasteiger partial charge in [-0.05, 0) is 19.5 Å². The van der Waals surface area contributed by atoms with Crippen LogP contribution in [0.15, 0.2) is 24.3 Å². The summed E-state index contributed by atoms with van der Waals surface area (Å²) in [4.78, 5) is 12.1. The van der Waals surface area contributed by atoms with Crippen LogP contribution in [0.2, 0.25) is 0 Å². The van der Waals surface area contributed by atoms with Crippen molar-refractivity contribution in [3.05, 3.63) is 39.9 Å². The summed E-state index contributed by atoms with van der Waals surface area (Å²) < 4.78 is 0. The van der Waals surface area contributed by atoms with Crippen LogP contribution in [-0.4, -0.2) is 34.6 Å². The molecule has 0 aliphatic carbocycles. The molecule has 88 valence electrons. The van der Waals surface area contributed by atoms with E-state index in [0.717, 1.165) is 5.56 Å². The fourth-order valence-electron chi connectivity index (χ4n) is 1.60. The van der Waals surface area contributed by atoms with Crippen molar-refractivity contribution in [3.8, 4) is 0 Å². The lowest BCUT2D eigenvalue weighted by Crippen LogP contribution is -2.26. The molecule has 1 aromatic carbocycles. The van der Waals surface area contributed by atoms with Crippen molar-refractivity contribution in [1.82, 2.24) is 4.90 Å². The molecule has 1 rings (SSSR count). The maximum atomic E-state index is 10.6. The third-order valence-electron chi connectivity index (χ3n) is 2.15. The number of hydrogen-bond donors (Lipinski definition) is 1. The highest BCUT2D eigenvalue weighted by Gasteiger charge is 2.08. The number of nitrogens with zero attached hydrogens (tertiary/aromatic N) is 2. The maximum absolute atomic E-state index is 10.6. The lowest BCUT2D eigenvalue weighted by molar-refractivity contribution is -0.384. The Hall–Kier alpha value is -1.46. The van der Waals surface area contributed by atoms with Crippen molar-refractivity contribution >= 4 is 5.69 Å². The molecule has 5 nitrogen and oxygen atoms in total. The third-order valence-corrected chi connectivity index (χ3v) is 2.15. The van der Waals surface area contributed by atoms with Crippen LogP contribution in [0.5, 0.6) is 0 Å². The fourth-order valence-corrected chi connectivity index (χ4v) is 1.60. The molecule has 0 radical (unpaired) electrons. The van der Waals surface area contributed by atoms with Gasteiger partial charge in [-0.1, -0.05) is 12.1 Å². The summed E-state index contributed by atoms with van der Waals surface area (Å²) in [7, 11) is 1.87. The molecule has 0 saturated heterocycles. The predicted molar refractivity (Wildman–Crippen MR) is 61.1 cm³/mol. The highest BCUT2D eigenvalue weighted by molar-refractivity contribution is 5.34. The summed E-state index contributed by atoms with van der Waals surface area (Å²) in [6.45, 7) is 2.85. The zero-order valence-electron chi connectivity index (χ0n) is 9.46. The lowest BCUT2D eigenvalue weighted by atomic mass is 10.2. The van der Waals surface area contributed by atoms with Gasteiger partial charge in [0.15, 0.2) is 0 Å². The Morgan fingerprint density at radius 1 is 1.56 bits per heavy atom. The van der Waals surface area contributed by atoms with Crippen LogP contribution in [0.1, 0.15) is 12.5 Å². The number of likely N-dealkylation sites (N-methyl/N-ethyl adjacent to an activating group) is 1. The van der Waals surface area contributed by atoms with E-state index in [1.54, 1.807) is 19.1 Å². The lowest BCUT2D eigenvalue weighted by Gasteiger charge is -2.18. The Morgan fingerprint density at radius 2 is 2.25 bits per heavy atom.